The van der Waals surface area contributed by atoms with Gasteiger partial charge in [-0.15, -0.1) is 0 Å². The van der Waals surface area contributed by atoms with Crippen LogP contribution in [0.1, 0.15) is 101 Å². The van der Waals surface area contributed by atoms with Gasteiger partial charge in [0.2, 0.25) is 47.3 Å². The predicted molar refractivity (Wildman–Crippen MR) is 221 cm³/mol. The van der Waals surface area contributed by atoms with Gasteiger partial charge in [-0.25, -0.2) is 0 Å². The van der Waals surface area contributed by atoms with E-state index >= 15 is 0 Å². The summed E-state index contributed by atoms with van der Waals surface area (Å²) in [5, 5.41) is 49.9. The molecule has 8 amide bonds. The van der Waals surface area contributed by atoms with E-state index in [1.807, 2.05) is 13.8 Å². The summed E-state index contributed by atoms with van der Waals surface area (Å²) >= 11 is 0. The lowest BCUT2D eigenvalue weighted by molar-refractivity contribution is -0.137. The molecule has 22 heteroatoms. The zero-order valence-electron chi connectivity index (χ0n) is 36.8. The first kappa shape index (κ1) is 55.5. The van der Waals surface area contributed by atoms with Gasteiger partial charge in [0, 0.05) is 18.0 Å². The van der Waals surface area contributed by atoms with Crippen molar-refractivity contribution in [2.45, 2.75) is 156 Å². The van der Waals surface area contributed by atoms with Crippen molar-refractivity contribution in [3.05, 3.63) is 0 Å². The average Bonchev–Trinajstić information content (AvgIpc) is 3.13. The highest BCUT2D eigenvalue weighted by atomic mass is 16.3. The van der Waals surface area contributed by atoms with E-state index < -0.39 is 121 Å². The van der Waals surface area contributed by atoms with Crippen molar-refractivity contribution >= 4 is 47.3 Å². The van der Waals surface area contributed by atoms with Gasteiger partial charge in [0.15, 0.2) is 0 Å². The molecule has 17 N–H and O–H groups in total. The highest BCUT2D eigenvalue weighted by molar-refractivity contribution is 5.98. The van der Waals surface area contributed by atoms with Crippen LogP contribution in [0, 0.1) is 16.7 Å². The van der Waals surface area contributed by atoms with Crippen LogP contribution in [0.5, 0.6) is 0 Å². The molecular formula is C38H73N11O11. The van der Waals surface area contributed by atoms with Crippen molar-refractivity contribution < 1.29 is 53.7 Å². The standard InChI is InChI=1S/C38H73N11O11/c1-19(2)37(6,7)18-38(8,9)36(60)43-14-12-11-13-23(46-30(54)21(4)42-10)32(56)45-22(5)31(55)47-24(15-27(39)51)33(57)48-25(16-28(40)52)34(58)49-26(17-50)35(59)44-20(3)29(41)53/h19-26,29-30,42,46,50,53-54H,11-18,41H2,1-10H3,(H2,39,51)(H2,40,52)(H,43,60)(H,44,59)(H,45,56)(H,47,55)(H,48,57)(H,49,58)/t20-,21-,22-,23-,24-,25-,26-,29?,30?/m1/s1. The lowest BCUT2D eigenvalue weighted by Gasteiger charge is -2.37. The molecule has 0 aromatic heterocycles. The van der Waals surface area contributed by atoms with E-state index in [9.17, 15) is 53.7 Å². The van der Waals surface area contributed by atoms with Gasteiger partial charge in [-0.3, -0.25) is 43.7 Å². The molecule has 0 radical (unpaired) electrons. The Bertz CT molecular complexity index is 1460. The highest BCUT2D eigenvalue weighted by Gasteiger charge is 2.37. The summed E-state index contributed by atoms with van der Waals surface area (Å²) in [5.41, 5.74) is 15.2. The normalized spacial score (nSPS) is 16.4. The molecule has 0 spiro atoms. The lowest BCUT2D eigenvalue weighted by atomic mass is 9.69. The van der Waals surface area contributed by atoms with Gasteiger partial charge in [-0.1, -0.05) is 41.5 Å². The number of hydrogen-bond acceptors (Lipinski definition) is 14. The molecule has 9 atom stereocenters. The van der Waals surface area contributed by atoms with Crippen LogP contribution < -0.4 is 59.7 Å². The van der Waals surface area contributed by atoms with Crippen LogP contribution >= 0.6 is 0 Å². The van der Waals surface area contributed by atoms with E-state index in [2.05, 4.69) is 70.2 Å². The molecule has 0 fully saturated rings. The molecule has 0 bridgehead atoms. The van der Waals surface area contributed by atoms with E-state index in [1.165, 1.54) is 13.8 Å². The maximum Gasteiger partial charge on any atom is 0.245 e. The Morgan fingerprint density at radius 3 is 1.55 bits per heavy atom. The second-order valence-corrected chi connectivity index (χ2v) is 16.9. The molecule has 22 nitrogen and oxygen atoms in total. The Morgan fingerprint density at radius 1 is 0.633 bits per heavy atom. The third-order valence-corrected chi connectivity index (χ3v) is 10.4. The van der Waals surface area contributed by atoms with Crippen molar-refractivity contribution in [1.82, 2.24) is 42.5 Å². The average molecular weight is 860 g/mol. The first-order valence-corrected chi connectivity index (χ1v) is 20.1. The smallest absolute Gasteiger partial charge is 0.245 e. The number of carbonyl (C=O) groups excluding carboxylic acids is 8. The van der Waals surface area contributed by atoms with Gasteiger partial charge in [-0.05, 0) is 64.8 Å². The number of amides is 8. The van der Waals surface area contributed by atoms with E-state index in [0.29, 0.717) is 31.7 Å². The van der Waals surface area contributed by atoms with Crippen molar-refractivity contribution in [2.75, 3.05) is 20.2 Å². The summed E-state index contributed by atoms with van der Waals surface area (Å²) in [7, 11) is 1.62. The van der Waals surface area contributed by atoms with E-state index in [-0.39, 0.29) is 17.7 Å². The fraction of sp³-hybridized carbons (Fsp3) is 0.789. The minimum Gasteiger partial charge on any atom is -0.394 e. The second kappa shape index (κ2) is 26.0. The van der Waals surface area contributed by atoms with Crippen LogP contribution in [0.25, 0.3) is 0 Å². The van der Waals surface area contributed by atoms with E-state index in [4.69, 9.17) is 17.2 Å². The predicted octanol–water partition coefficient (Wildman–Crippen LogP) is -4.26. The van der Waals surface area contributed by atoms with Crippen LogP contribution in [0.15, 0.2) is 0 Å². The largest absolute Gasteiger partial charge is 0.394 e. The van der Waals surface area contributed by atoms with Crippen LogP contribution in [-0.2, 0) is 38.4 Å². The van der Waals surface area contributed by atoms with Crippen molar-refractivity contribution in [3.8, 4) is 0 Å². The zero-order chi connectivity index (χ0) is 46.7. The lowest BCUT2D eigenvalue weighted by Crippen LogP contribution is -2.61. The van der Waals surface area contributed by atoms with Gasteiger partial charge in [0.25, 0.3) is 0 Å². The second-order valence-electron chi connectivity index (χ2n) is 16.9. The monoisotopic (exact) mass is 860 g/mol. The first-order chi connectivity index (χ1) is 27.6. The number of nitrogens with two attached hydrogens (primary N) is 3. The summed E-state index contributed by atoms with van der Waals surface area (Å²) < 4.78 is 0. The molecule has 0 saturated heterocycles. The number of unbranched alkanes of at least 4 members (excludes halogenated alkanes) is 1. The third kappa shape index (κ3) is 20.2. The van der Waals surface area contributed by atoms with Crippen LogP contribution in [0.4, 0.5) is 0 Å². The first-order valence-electron chi connectivity index (χ1n) is 20.1. The number of nitrogens with one attached hydrogen (secondary N) is 8. The van der Waals surface area contributed by atoms with Gasteiger partial charge in [0.05, 0.1) is 31.5 Å². The molecule has 0 rings (SSSR count). The number of primary amides is 2. The van der Waals surface area contributed by atoms with Crippen molar-refractivity contribution in [3.63, 3.8) is 0 Å². The minimum absolute atomic E-state index is 0.0562. The fourth-order valence-corrected chi connectivity index (χ4v) is 5.78. The Morgan fingerprint density at radius 2 is 1.10 bits per heavy atom. The molecule has 0 heterocycles. The fourth-order valence-electron chi connectivity index (χ4n) is 5.78. The maximum absolute atomic E-state index is 13.5. The Hall–Kier alpha value is -4.48. The number of aliphatic hydroxyl groups is 3. The van der Waals surface area contributed by atoms with Crippen LogP contribution in [0.2, 0.25) is 0 Å². The number of aliphatic hydroxyl groups excluding tert-OH is 3. The van der Waals surface area contributed by atoms with Gasteiger partial charge >= 0.3 is 0 Å². The van der Waals surface area contributed by atoms with E-state index in [1.54, 1.807) is 14.0 Å². The third-order valence-electron chi connectivity index (χ3n) is 10.4. The molecular weight excluding hydrogens is 786 g/mol. The van der Waals surface area contributed by atoms with Crippen molar-refractivity contribution in [1.29, 1.82) is 0 Å². The number of rotatable bonds is 29. The van der Waals surface area contributed by atoms with Crippen LogP contribution in [0.3, 0.4) is 0 Å². The van der Waals surface area contributed by atoms with E-state index in [0.717, 1.165) is 0 Å². The van der Waals surface area contributed by atoms with Gasteiger partial charge in [-0.2, -0.15) is 0 Å². The SMILES string of the molecule is CN[C@H](C)C(O)N[C@H](CCCCNC(=O)C(C)(C)CC(C)(C)C(C)C)C(=O)N[C@H](C)C(=O)N[C@H](CC(N)=O)C(=O)N[C@H](CC(N)=O)C(=O)N[C@H](CO)C(=O)N[C@H](C)C(N)O. The molecule has 346 valence electrons. The molecule has 0 aromatic carbocycles. The molecule has 0 aliphatic heterocycles. The molecule has 0 aliphatic rings. The molecule has 60 heavy (non-hydrogen) atoms. The summed E-state index contributed by atoms with van der Waals surface area (Å²) in [6, 6.07) is -8.94. The molecule has 0 aliphatic carbocycles. The Kier molecular flexibility index (Phi) is 24.0. The number of hydrogen-bond donors (Lipinski definition) is 14. The van der Waals surface area contributed by atoms with Crippen LogP contribution in [-0.4, -0.2) is 138 Å². The maximum atomic E-state index is 13.5. The Labute approximate surface area is 352 Å². The molecule has 0 aromatic rings. The zero-order valence-corrected chi connectivity index (χ0v) is 36.8. The number of likely N-dealkylation sites (N-methyl/N-ethyl adjacent to an activating group) is 1. The quantitative estimate of drug-likeness (QED) is 0.0250. The van der Waals surface area contributed by atoms with Gasteiger partial charge < -0.3 is 69.7 Å². The van der Waals surface area contributed by atoms with Gasteiger partial charge in [0.1, 0.15) is 36.6 Å². The minimum atomic E-state index is -1.77. The summed E-state index contributed by atoms with van der Waals surface area (Å²) in [5.74, 6) is -6.77. The highest BCUT2D eigenvalue weighted by Crippen LogP contribution is 2.39. The topological polar surface area (TPSA) is 372 Å². The summed E-state index contributed by atoms with van der Waals surface area (Å²) in [6.45, 7) is 16.0. The summed E-state index contributed by atoms with van der Waals surface area (Å²) in [6.07, 6.45) is -2.45. The Balaban J connectivity index is 5.84. The van der Waals surface area contributed by atoms with Crippen molar-refractivity contribution in [2.24, 2.45) is 33.9 Å². The molecule has 0 saturated carbocycles. The number of carbonyl (C=O) groups is 8. The summed E-state index contributed by atoms with van der Waals surface area (Å²) in [4.78, 5) is 103. The molecule has 2 unspecified atom stereocenters.